The summed E-state index contributed by atoms with van der Waals surface area (Å²) in [5, 5.41) is 7.61. The molecule has 1 unspecified atom stereocenters. The van der Waals surface area contributed by atoms with Crippen molar-refractivity contribution in [2.24, 2.45) is 0 Å². The van der Waals surface area contributed by atoms with Crippen LogP contribution in [0.15, 0.2) is 54.6 Å². The smallest absolute Gasteiger partial charge is 0.271 e. The molecule has 1 N–H and O–H groups in total. The van der Waals surface area contributed by atoms with Crippen LogP contribution in [-0.2, 0) is 4.74 Å². The fraction of sp³-hybridized carbons (Fsp3) is 0.360. The van der Waals surface area contributed by atoms with Crippen LogP contribution < -0.4 is 14.8 Å². The zero-order valence-corrected chi connectivity index (χ0v) is 19.3. The molecule has 1 saturated heterocycles. The van der Waals surface area contributed by atoms with E-state index in [0.29, 0.717) is 37.0 Å². The molecule has 1 aliphatic heterocycles. The van der Waals surface area contributed by atoms with Gasteiger partial charge in [0, 0.05) is 25.3 Å². The number of rotatable bonds is 8. The highest BCUT2D eigenvalue weighted by molar-refractivity contribution is 5.92. The van der Waals surface area contributed by atoms with E-state index in [2.05, 4.69) is 15.3 Å². The third-order valence-electron chi connectivity index (χ3n) is 5.86. The molecule has 8 nitrogen and oxygen atoms in total. The first kappa shape index (κ1) is 22.8. The van der Waals surface area contributed by atoms with Crippen LogP contribution in [0.25, 0.3) is 5.69 Å². The summed E-state index contributed by atoms with van der Waals surface area (Å²) in [7, 11) is 3.24. The van der Waals surface area contributed by atoms with E-state index in [1.165, 1.54) is 0 Å². The molecule has 1 atom stereocenters. The number of nitrogens with zero attached hydrogens (tertiary/aromatic N) is 3. The summed E-state index contributed by atoms with van der Waals surface area (Å²) in [6, 6.07) is 17.4. The number of aryl methyl sites for hydroxylation is 1. The van der Waals surface area contributed by atoms with Crippen molar-refractivity contribution in [1.82, 2.24) is 20.0 Å². The lowest BCUT2D eigenvalue weighted by Crippen LogP contribution is -2.43. The van der Waals surface area contributed by atoms with Crippen LogP contribution in [0.5, 0.6) is 11.5 Å². The van der Waals surface area contributed by atoms with Crippen molar-refractivity contribution in [1.29, 1.82) is 0 Å². The van der Waals surface area contributed by atoms with E-state index in [1.807, 2.05) is 61.5 Å². The van der Waals surface area contributed by atoms with E-state index in [0.717, 1.165) is 30.0 Å². The van der Waals surface area contributed by atoms with Crippen molar-refractivity contribution in [2.75, 3.05) is 47.1 Å². The molecule has 0 saturated carbocycles. The van der Waals surface area contributed by atoms with Crippen molar-refractivity contribution in [3.63, 3.8) is 0 Å². The van der Waals surface area contributed by atoms with Crippen LogP contribution in [0.3, 0.4) is 0 Å². The second-order valence-corrected chi connectivity index (χ2v) is 7.91. The molecule has 8 heteroatoms. The number of benzene rings is 2. The van der Waals surface area contributed by atoms with E-state index < -0.39 is 0 Å². The molecule has 4 rings (SSSR count). The molecule has 2 heterocycles. The minimum absolute atomic E-state index is 0.0324. The number of hydrogen-bond donors (Lipinski definition) is 1. The lowest BCUT2D eigenvalue weighted by Gasteiger charge is -2.35. The van der Waals surface area contributed by atoms with Gasteiger partial charge in [-0.25, -0.2) is 4.68 Å². The van der Waals surface area contributed by atoms with Crippen LogP contribution >= 0.6 is 0 Å². The maximum atomic E-state index is 13.0. The van der Waals surface area contributed by atoms with Crippen molar-refractivity contribution < 1.29 is 19.0 Å². The summed E-state index contributed by atoms with van der Waals surface area (Å²) in [5.41, 5.74) is 3.26. The second-order valence-electron chi connectivity index (χ2n) is 7.91. The number of hydrogen-bond acceptors (Lipinski definition) is 6. The highest BCUT2D eigenvalue weighted by atomic mass is 16.5. The maximum absolute atomic E-state index is 13.0. The Labute approximate surface area is 194 Å². The monoisotopic (exact) mass is 450 g/mol. The van der Waals surface area contributed by atoms with Crippen molar-refractivity contribution in [3.8, 4) is 17.2 Å². The predicted octanol–water partition coefficient (Wildman–Crippen LogP) is 3.00. The Hall–Kier alpha value is -3.36. The minimum Gasteiger partial charge on any atom is -0.493 e. The van der Waals surface area contributed by atoms with Gasteiger partial charge in [0.15, 0.2) is 17.2 Å². The number of carbonyl (C=O) groups excluding carboxylic acids is 1. The van der Waals surface area contributed by atoms with Gasteiger partial charge in [-0.3, -0.25) is 9.69 Å². The van der Waals surface area contributed by atoms with Gasteiger partial charge >= 0.3 is 0 Å². The Kier molecular flexibility index (Phi) is 7.26. The van der Waals surface area contributed by atoms with E-state index >= 15 is 0 Å². The number of nitrogens with one attached hydrogen (secondary N) is 1. The number of amides is 1. The Morgan fingerprint density at radius 2 is 1.79 bits per heavy atom. The molecule has 0 radical (unpaired) electrons. The van der Waals surface area contributed by atoms with Crippen molar-refractivity contribution in [2.45, 2.75) is 13.0 Å². The van der Waals surface area contributed by atoms with Gasteiger partial charge in [0.1, 0.15) is 0 Å². The first-order valence-corrected chi connectivity index (χ1v) is 11.0. The molecule has 3 aromatic rings. The van der Waals surface area contributed by atoms with E-state index in [9.17, 15) is 4.79 Å². The Morgan fingerprint density at radius 3 is 2.48 bits per heavy atom. The molecular weight excluding hydrogens is 420 g/mol. The van der Waals surface area contributed by atoms with E-state index in [4.69, 9.17) is 14.2 Å². The predicted molar refractivity (Wildman–Crippen MR) is 125 cm³/mol. The SMILES string of the molecule is COc1ccc(C(CNC(=O)c2cc(C)n(-c3ccccc3)n2)N2CCOCC2)cc1OC. The highest BCUT2D eigenvalue weighted by Gasteiger charge is 2.25. The number of para-hydroxylation sites is 1. The summed E-state index contributed by atoms with van der Waals surface area (Å²) in [6.45, 7) is 5.28. The fourth-order valence-electron chi connectivity index (χ4n) is 4.10. The van der Waals surface area contributed by atoms with Gasteiger partial charge < -0.3 is 19.5 Å². The normalized spacial score (nSPS) is 15.1. The molecule has 1 fully saturated rings. The highest BCUT2D eigenvalue weighted by Crippen LogP contribution is 2.32. The van der Waals surface area contributed by atoms with E-state index in [1.54, 1.807) is 18.9 Å². The van der Waals surface area contributed by atoms with Crippen LogP contribution in [0, 0.1) is 6.92 Å². The molecule has 1 aromatic heterocycles. The van der Waals surface area contributed by atoms with Crippen LogP contribution in [0.4, 0.5) is 0 Å². The molecule has 0 aliphatic carbocycles. The zero-order valence-electron chi connectivity index (χ0n) is 19.3. The first-order valence-electron chi connectivity index (χ1n) is 11.0. The third-order valence-corrected chi connectivity index (χ3v) is 5.86. The van der Waals surface area contributed by atoms with Crippen LogP contribution in [-0.4, -0.2) is 67.7 Å². The van der Waals surface area contributed by atoms with Gasteiger partial charge in [0.05, 0.1) is 39.2 Å². The average Bonchev–Trinajstić information content (AvgIpc) is 3.26. The van der Waals surface area contributed by atoms with Gasteiger partial charge in [-0.2, -0.15) is 5.10 Å². The maximum Gasteiger partial charge on any atom is 0.271 e. The van der Waals surface area contributed by atoms with Gasteiger partial charge in [-0.05, 0) is 42.8 Å². The van der Waals surface area contributed by atoms with Gasteiger partial charge in [-0.15, -0.1) is 0 Å². The lowest BCUT2D eigenvalue weighted by atomic mass is 10.0. The number of aromatic nitrogens is 2. The lowest BCUT2D eigenvalue weighted by molar-refractivity contribution is 0.0161. The van der Waals surface area contributed by atoms with E-state index in [-0.39, 0.29) is 11.9 Å². The van der Waals surface area contributed by atoms with Crippen LogP contribution in [0.2, 0.25) is 0 Å². The second kappa shape index (κ2) is 10.5. The quantitative estimate of drug-likeness (QED) is 0.569. The van der Waals surface area contributed by atoms with Gasteiger partial charge in [0.2, 0.25) is 0 Å². The topological polar surface area (TPSA) is 77.9 Å². The Morgan fingerprint density at radius 1 is 1.06 bits per heavy atom. The molecular formula is C25H30N4O4. The third kappa shape index (κ3) is 5.18. The fourth-order valence-corrected chi connectivity index (χ4v) is 4.10. The Balaban J connectivity index is 1.53. The first-order chi connectivity index (χ1) is 16.1. The summed E-state index contributed by atoms with van der Waals surface area (Å²) in [4.78, 5) is 15.3. The average molecular weight is 451 g/mol. The largest absolute Gasteiger partial charge is 0.493 e. The number of methoxy groups -OCH3 is 2. The van der Waals surface area contributed by atoms with Crippen molar-refractivity contribution >= 4 is 5.91 Å². The summed E-state index contributed by atoms with van der Waals surface area (Å²) in [6.07, 6.45) is 0. The summed E-state index contributed by atoms with van der Waals surface area (Å²) >= 11 is 0. The number of carbonyl (C=O) groups is 1. The molecule has 1 amide bonds. The van der Waals surface area contributed by atoms with Crippen molar-refractivity contribution in [3.05, 3.63) is 71.5 Å². The van der Waals surface area contributed by atoms with Gasteiger partial charge in [0.25, 0.3) is 5.91 Å². The molecule has 0 spiro atoms. The van der Waals surface area contributed by atoms with Gasteiger partial charge in [-0.1, -0.05) is 24.3 Å². The summed E-state index contributed by atoms with van der Waals surface area (Å²) < 4.78 is 18.2. The standard InChI is InChI=1S/C25H30N4O4/c1-18-15-21(27-29(18)20-7-5-4-6-8-20)25(30)26-17-22(28-11-13-33-14-12-28)19-9-10-23(31-2)24(16-19)32-3/h4-10,15-16,22H,11-14,17H2,1-3H3,(H,26,30). The molecule has 2 aromatic carbocycles. The molecule has 1 aliphatic rings. The molecule has 0 bridgehead atoms. The summed E-state index contributed by atoms with van der Waals surface area (Å²) in [5.74, 6) is 1.14. The Bertz CT molecular complexity index is 1080. The minimum atomic E-state index is -0.202. The van der Waals surface area contributed by atoms with Crippen LogP contribution in [0.1, 0.15) is 27.8 Å². The number of ether oxygens (including phenoxy) is 3. The number of morpholine rings is 1. The molecule has 33 heavy (non-hydrogen) atoms. The zero-order chi connectivity index (χ0) is 23.2. The molecule has 174 valence electrons.